The summed E-state index contributed by atoms with van der Waals surface area (Å²) in [5.41, 5.74) is 0. The number of rotatable bonds is 12. The second-order valence-electron chi connectivity index (χ2n) is 5.56. The van der Waals surface area contributed by atoms with Crippen LogP contribution in [0.25, 0.3) is 0 Å². The lowest BCUT2D eigenvalue weighted by Gasteiger charge is -2.09. The van der Waals surface area contributed by atoms with Crippen molar-refractivity contribution in [3.05, 3.63) is 24.8 Å². The van der Waals surface area contributed by atoms with Gasteiger partial charge in [-0.3, -0.25) is 0 Å². The number of hydrogen-bond donors (Lipinski definition) is 0. The second kappa shape index (κ2) is 14.9. The molecule has 2 heteroatoms. The number of carboxylic acids is 1. The van der Waals surface area contributed by atoms with Crippen molar-refractivity contribution >= 4 is 5.97 Å². The van der Waals surface area contributed by atoms with Crippen molar-refractivity contribution in [3.63, 3.8) is 0 Å². The number of carboxylic acid groups (broad SMARTS) is 1. The Labute approximate surface area is 130 Å². The highest BCUT2D eigenvalue weighted by Gasteiger charge is 2.00. The van der Waals surface area contributed by atoms with Crippen LogP contribution in [-0.4, -0.2) is 5.97 Å². The average molecular weight is 289 g/mol. The van der Waals surface area contributed by atoms with Crippen LogP contribution in [0.15, 0.2) is 24.8 Å². The molecule has 0 aliphatic rings. The highest BCUT2D eigenvalue weighted by atomic mass is 16.4. The molecule has 21 heavy (non-hydrogen) atoms. The maximum Gasteiger partial charge on any atom is 0.0414 e. The lowest BCUT2D eigenvalue weighted by molar-refractivity contribution is -0.305. The molecule has 0 fully saturated rings. The first-order chi connectivity index (χ1) is 10.2. The Bertz CT molecular complexity index is 357. The lowest BCUT2D eigenvalue weighted by atomic mass is 9.97. The van der Waals surface area contributed by atoms with E-state index in [0.29, 0.717) is 12.8 Å². The third kappa shape index (κ3) is 16.5. The molecule has 0 aliphatic carbocycles. The van der Waals surface area contributed by atoms with Crippen LogP contribution in [0.2, 0.25) is 0 Å². The zero-order chi connectivity index (χ0) is 15.8. The monoisotopic (exact) mass is 289 g/mol. The third-order valence-electron chi connectivity index (χ3n) is 3.41. The van der Waals surface area contributed by atoms with Crippen molar-refractivity contribution in [1.29, 1.82) is 0 Å². The fraction of sp³-hybridized carbons (Fsp3) is 0.632. The van der Waals surface area contributed by atoms with Crippen LogP contribution in [0.4, 0.5) is 0 Å². The summed E-state index contributed by atoms with van der Waals surface area (Å²) in [5, 5.41) is 10.2. The van der Waals surface area contributed by atoms with Gasteiger partial charge < -0.3 is 9.90 Å². The Balaban J connectivity index is 3.44. The number of carbonyl (C=O) groups is 1. The highest BCUT2D eigenvalue weighted by Crippen LogP contribution is 2.16. The zero-order valence-electron chi connectivity index (χ0n) is 13.4. The van der Waals surface area contributed by atoms with E-state index < -0.39 is 5.97 Å². The molecule has 0 heterocycles. The summed E-state index contributed by atoms with van der Waals surface area (Å²) in [5.74, 6) is 5.70. The van der Waals surface area contributed by atoms with Crippen LogP contribution >= 0.6 is 0 Å². The minimum Gasteiger partial charge on any atom is -0.550 e. The maximum absolute atomic E-state index is 10.2. The Kier molecular flexibility index (Phi) is 13.9. The van der Waals surface area contributed by atoms with E-state index in [1.54, 1.807) is 0 Å². The van der Waals surface area contributed by atoms with E-state index in [1.807, 2.05) is 12.2 Å². The molecule has 118 valence electrons. The molecule has 0 saturated heterocycles. The minimum absolute atomic E-state index is 0.100. The Morgan fingerprint density at radius 3 is 2.67 bits per heavy atom. The molecule has 1 unspecified atom stereocenters. The Morgan fingerprint density at radius 1 is 1.19 bits per heavy atom. The molecule has 0 N–H and O–H groups in total. The van der Waals surface area contributed by atoms with Gasteiger partial charge in [0.15, 0.2) is 0 Å². The Morgan fingerprint density at radius 2 is 1.95 bits per heavy atom. The van der Waals surface area contributed by atoms with Crippen molar-refractivity contribution in [3.8, 4) is 11.8 Å². The summed E-state index contributed by atoms with van der Waals surface area (Å²) >= 11 is 0. The van der Waals surface area contributed by atoms with Crippen molar-refractivity contribution in [2.45, 2.75) is 71.1 Å². The fourth-order valence-electron chi connectivity index (χ4n) is 2.10. The first-order valence-corrected chi connectivity index (χ1v) is 8.11. The van der Waals surface area contributed by atoms with Crippen LogP contribution in [-0.2, 0) is 4.79 Å². The van der Waals surface area contributed by atoms with Crippen LogP contribution in [0.1, 0.15) is 71.1 Å². The number of unbranched alkanes of at least 4 members (excludes halogenated alkanes) is 4. The van der Waals surface area contributed by atoms with E-state index in [1.165, 1.54) is 32.1 Å². The molecule has 1 atom stereocenters. The standard InChI is InChI=1S/C19H30O2/c1-3-4-5-12-15-18(2)16-13-10-8-6-7-9-11-14-17-19(20)21/h3,6,8,18H,1,4-5,10-17H2,2H3,(H,20,21)/p-1/b8-6-. The fourth-order valence-corrected chi connectivity index (χ4v) is 2.10. The Hall–Kier alpha value is -1.49. The first-order valence-electron chi connectivity index (χ1n) is 8.11. The largest absolute Gasteiger partial charge is 0.550 e. The topological polar surface area (TPSA) is 40.1 Å². The molecule has 0 rings (SSSR count). The molecule has 0 amide bonds. The first kappa shape index (κ1) is 19.5. The van der Waals surface area contributed by atoms with E-state index in [9.17, 15) is 9.90 Å². The zero-order valence-corrected chi connectivity index (χ0v) is 13.4. The summed E-state index contributed by atoms with van der Waals surface area (Å²) in [6.45, 7) is 6.07. The van der Waals surface area contributed by atoms with Crippen molar-refractivity contribution in [1.82, 2.24) is 0 Å². The van der Waals surface area contributed by atoms with Gasteiger partial charge in [-0.1, -0.05) is 50.2 Å². The van der Waals surface area contributed by atoms with Gasteiger partial charge in [0.05, 0.1) is 0 Å². The molecule has 0 saturated carbocycles. The summed E-state index contributed by atoms with van der Waals surface area (Å²) in [6.07, 6.45) is 15.9. The number of aliphatic carboxylic acids is 1. The van der Waals surface area contributed by atoms with E-state index in [2.05, 4.69) is 31.4 Å². The predicted molar refractivity (Wildman–Crippen MR) is 87.5 cm³/mol. The van der Waals surface area contributed by atoms with E-state index in [-0.39, 0.29) is 6.42 Å². The summed E-state index contributed by atoms with van der Waals surface area (Å²) < 4.78 is 0. The van der Waals surface area contributed by atoms with Gasteiger partial charge in [-0.2, -0.15) is 0 Å². The normalized spacial score (nSPS) is 11.9. The minimum atomic E-state index is -0.994. The average Bonchev–Trinajstić information content (AvgIpc) is 2.45. The van der Waals surface area contributed by atoms with Crippen LogP contribution < -0.4 is 5.11 Å². The summed E-state index contributed by atoms with van der Waals surface area (Å²) in [4.78, 5) is 10.2. The number of carbonyl (C=O) groups excluding carboxylic acids is 1. The highest BCUT2D eigenvalue weighted by molar-refractivity contribution is 5.64. The summed E-state index contributed by atoms with van der Waals surface area (Å²) in [6, 6.07) is 0. The predicted octanol–water partition coefficient (Wildman–Crippen LogP) is 4.02. The van der Waals surface area contributed by atoms with Gasteiger partial charge in [-0.25, -0.2) is 0 Å². The molecule has 0 aromatic rings. The SMILES string of the molecule is C=CCCCCC(C)CCC/C=C\C#CCCCC(=O)[O-]. The maximum atomic E-state index is 10.2. The quantitative estimate of drug-likeness (QED) is 0.309. The number of hydrogen-bond acceptors (Lipinski definition) is 2. The smallest absolute Gasteiger partial charge is 0.0414 e. The molecule has 0 radical (unpaired) electrons. The molecular formula is C19H29O2-. The molecule has 0 aromatic heterocycles. The van der Waals surface area contributed by atoms with Gasteiger partial charge in [-0.15, -0.1) is 6.58 Å². The third-order valence-corrected chi connectivity index (χ3v) is 3.41. The van der Waals surface area contributed by atoms with Gasteiger partial charge in [0, 0.05) is 12.4 Å². The lowest BCUT2D eigenvalue weighted by Crippen LogP contribution is -2.21. The van der Waals surface area contributed by atoms with Crippen LogP contribution in [0.5, 0.6) is 0 Å². The van der Waals surface area contributed by atoms with E-state index in [0.717, 1.165) is 18.8 Å². The van der Waals surface area contributed by atoms with Crippen LogP contribution in [0.3, 0.4) is 0 Å². The number of allylic oxidation sites excluding steroid dienone is 3. The van der Waals surface area contributed by atoms with Crippen LogP contribution in [0, 0.1) is 17.8 Å². The molecular weight excluding hydrogens is 260 g/mol. The van der Waals surface area contributed by atoms with E-state index in [4.69, 9.17) is 0 Å². The van der Waals surface area contributed by atoms with E-state index >= 15 is 0 Å². The van der Waals surface area contributed by atoms with Crippen molar-refractivity contribution in [2.24, 2.45) is 5.92 Å². The van der Waals surface area contributed by atoms with Crippen molar-refractivity contribution in [2.75, 3.05) is 0 Å². The van der Waals surface area contributed by atoms with Crippen molar-refractivity contribution < 1.29 is 9.90 Å². The van der Waals surface area contributed by atoms with Gasteiger partial charge >= 0.3 is 0 Å². The summed E-state index contributed by atoms with van der Waals surface area (Å²) in [7, 11) is 0. The second-order valence-corrected chi connectivity index (χ2v) is 5.56. The molecule has 0 aliphatic heterocycles. The van der Waals surface area contributed by atoms with Gasteiger partial charge in [0.25, 0.3) is 0 Å². The molecule has 0 spiro atoms. The van der Waals surface area contributed by atoms with Gasteiger partial charge in [-0.05, 0) is 50.5 Å². The van der Waals surface area contributed by atoms with Gasteiger partial charge in [0.1, 0.15) is 0 Å². The van der Waals surface area contributed by atoms with Gasteiger partial charge in [0.2, 0.25) is 0 Å². The molecule has 0 bridgehead atoms. The molecule has 0 aromatic carbocycles. The molecule has 2 nitrogen and oxygen atoms in total.